The molecule has 1 fully saturated rings. The number of hydrogen-bond donors (Lipinski definition) is 2. The van der Waals surface area contributed by atoms with Crippen LogP contribution in [-0.2, 0) is 16.0 Å². The van der Waals surface area contributed by atoms with Gasteiger partial charge < -0.3 is 15.2 Å². The van der Waals surface area contributed by atoms with E-state index in [2.05, 4.69) is 5.32 Å². The van der Waals surface area contributed by atoms with Gasteiger partial charge in [-0.2, -0.15) is 0 Å². The van der Waals surface area contributed by atoms with Crippen LogP contribution in [0.1, 0.15) is 44.6 Å². The molecule has 24 heavy (non-hydrogen) atoms. The van der Waals surface area contributed by atoms with Crippen LogP contribution < -0.4 is 10.1 Å². The van der Waals surface area contributed by atoms with Gasteiger partial charge in [0.2, 0.25) is 5.91 Å². The van der Waals surface area contributed by atoms with Gasteiger partial charge >= 0.3 is 5.97 Å². The van der Waals surface area contributed by atoms with Gasteiger partial charge in [0.25, 0.3) is 0 Å². The first-order valence-corrected chi connectivity index (χ1v) is 8.22. The molecule has 1 aromatic carbocycles. The van der Waals surface area contributed by atoms with Gasteiger partial charge in [-0.15, -0.1) is 0 Å². The zero-order valence-electron chi connectivity index (χ0n) is 14.1. The van der Waals surface area contributed by atoms with Crippen LogP contribution in [-0.4, -0.2) is 29.6 Å². The Balaban J connectivity index is 1.95. The van der Waals surface area contributed by atoms with E-state index in [1.807, 2.05) is 0 Å². The van der Waals surface area contributed by atoms with Gasteiger partial charge in [-0.1, -0.05) is 18.9 Å². The summed E-state index contributed by atoms with van der Waals surface area (Å²) < 4.78 is 18.5. The van der Waals surface area contributed by atoms with Crippen LogP contribution in [0.5, 0.6) is 5.75 Å². The molecule has 6 heteroatoms. The number of carbonyl (C=O) groups excluding carboxylic acids is 1. The Morgan fingerprint density at radius 1 is 1.42 bits per heavy atom. The summed E-state index contributed by atoms with van der Waals surface area (Å²) in [5.74, 6) is -1.92. The van der Waals surface area contributed by atoms with Gasteiger partial charge in [0.05, 0.1) is 18.6 Å². The maximum atomic E-state index is 13.7. The van der Waals surface area contributed by atoms with Crippen LogP contribution in [0.25, 0.3) is 0 Å². The highest BCUT2D eigenvalue weighted by Gasteiger charge is 2.41. The molecule has 0 spiro atoms. The first-order valence-electron chi connectivity index (χ1n) is 8.22. The van der Waals surface area contributed by atoms with Crippen molar-refractivity contribution in [3.8, 4) is 5.75 Å². The number of hydrogen-bond acceptors (Lipinski definition) is 3. The maximum Gasteiger partial charge on any atom is 0.308 e. The summed E-state index contributed by atoms with van der Waals surface area (Å²) in [7, 11) is 1.40. The molecule has 2 N–H and O–H groups in total. The number of carboxylic acid groups (broad SMARTS) is 1. The minimum absolute atomic E-state index is 0.169. The topological polar surface area (TPSA) is 75.6 Å². The van der Waals surface area contributed by atoms with Crippen molar-refractivity contribution in [2.45, 2.75) is 51.0 Å². The predicted octanol–water partition coefficient (Wildman–Crippen LogP) is 2.92. The lowest BCUT2D eigenvalue weighted by atomic mass is 9.74. The average molecular weight is 337 g/mol. The fraction of sp³-hybridized carbons (Fsp3) is 0.556. The van der Waals surface area contributed by atoms with Crippen molar-refractivity contribution in [2.75, 3.05) is 7.11 Å². The van der Waals surface area contributed by atoms with E-state index < -0.39 is 23.2 Å². The molecule has 0 bridgehead atoms. The predicted molar refractivity (Wildman–Crippen MR) is 87.4 cm³/mol. The number of carboxylic acids is 1. The Hall–Kier alpha value is -2.11. The summed E-state index contributed by atoms with van der Waals surface area (Å²) in [6.07, 6.45) is 3.59. The average Bonchev–Trinajstić information content (AvgIpc) is 2.52. The highest BCUT2D eigenvalue weighted by molar-refractivity contribution is 5.79. The second-order valence-electron chi connectivity index (χ2n) is 6.57. The molecule has 1 aliphatic rings. The second kappa shape index (κ2) is 7.64. The van der Waals surface area contributed by atoms with E-state index in [9.17, 15) is 19.1 Å². The largest absolute Gasteiger partial charge is 0.494 e. The third-order valence-corrected chi connectivity index (χ3v) is 4.79. The number of ether oxygens (including phenoxy) is 1. The number of nitrogens with one attached hydrogen (secondary N) is 1. The van der Waals surface area contributed by atoms with Gasteiger partial charge in [0.1, 0.15) is 0 Å². The van der Waals surface area contributed by atoms with E-state index in [0.29, 0.717) is 24.8 Å². The summed E-state index contributed by atoms with van der Waals surface area (Å²) in [6, 6.07) is 4.61. The number of amides is 1. The maximum absolute atomic E-state index is 13.7. The van der Waals surface area contributed by atoms with Gasteiger partial charge in [-0.3, -0.25) is 9.59 Å². The standard InChI is InChI=1S/C18H24FNO4/c1-18(10-4-3-5-13(18)17(22)23)20-16(21)9-7-12-6-8-15(24-2)14(19)11-12/h6,8,11,13H,3-5,7,9-10H2,1-2H3,(H,20,21)(H,22,23). The number of carbonyl (C=O) groups is 2. The molecule has 1 saturated carbocycles. The summed E-state index contributed by atoms with van der Waals surface area (Å²) >= 11 is 0. The Labute approximate surface area is 141 Å². The SMILES string of the molecule is COc1ccc(CCC(=O)NC2(C)CCCCC2C(=O)O)cc1F. The van der Waals surface area contributed by atoms with Crippen molar-refractivity contribution in [3.63, 3.8) is 0 Å². The van der Waals surface area contributed by atoms with E-state index in [0.717, 1.165) is 12.8 Å². The lowest BCUT2D eigenvalue weighted by Crippen LogP contribution is -2.55. The lowest BCUT2D eigenvalue weighted by molar-refractivity contribution is -0.146. The zero-order valence-corrected chi connectivity index (χ0v) is 14.1. The Morgan fingerprint density at radius 2 is 2.17 bits per heavy atom. The molecule has 2 unspecified atom stereocenters. The van der Waals surface area contributed by atoms with Crippen LogP contribution in [0.3, 0.4) is 0 Å². The number of benzene rings is 1. The summed E-state index contributed by atoms with van der Waals surface area (Å²) in [4.78, 5) is 23.7. The molecule has 1 aliphatic carbocycles. The van der Waals surface area contributed by atoms with Crippen molar-refractivity contribution in [2.24, 2.45) is 5.92 Å². The summed E-state index contributed by atoms with van der Waals surface area (Å²) in [5.41, 5.74) is -0.0150. The quantitative estimate of drug-likeness (QED) is 0.837. The molecule has 0 radical (unpaired) electrons. The van der Waals surface area contributed by atoms with E-state index in [1.165, 1.54) is 19.2 Å². The number of halogens is 1. The molecule has 1 amide bonds. The van der Waals surface area contributed by atoms with Crippen molar-refractivity contribution in [3.05, 3.63) is 29.6 Å². The van der Waals surface area contributed by atoms with Crippen LogP contribution in [0, 0.1) is 11.7 Å². The van der Waals surface area contributed by atoms with E-state index >= 15 is 0 Å². The first kappa shape index (κ1) is 18.2. The minimum atomic E-state index is -0.866. The fourth-order valence-electron chi connectivity index (χ4n) is 3.38. The lowest BCUT2D eigenvalue weighted by Gasteiger charge is -2.39. The Bertz CT molecular complexity index is 619. The van der Waals surface area contributed by atoms with Crippen LogP contribution in [0.15, 0.2) is 18.2 Å². The Morgan fingerprint density at radius 3 is 2.79 bits per heavy atom. The molecule has 2 atom stereocenters. The third-order valence-electron chi connectivity index (χ3n) is 4.79. The Kier molecular flexibility index (Phi) is 5.80. The van der Waals surface area contributed by atoms with Crippen molar-refractivity contribution >= 4 is 11.9 Å². The summed E-state index contributed by atoms with van der Waals surface area (Å²) in [5, 5.41) is 12.3. The van der Waals surface area contributed by atoms with E-state index in [4.69, 9.17) is 4.74 Å². The first-order chi connectivity index (χ1) is 11.4. The van der Waals surface area contributed by atoms with Crippen molar-refractivity contribution < 1.29 is 23.8 Å². The molecular weight excluding hydrogens is 313 g/mol. The van der Waals surface area contributed by atoms with E-state index in [-0.39, 0.29) is 18.1 Å². The summed E-state index contributed by atoms with van der Waals surface area (Å²) in [6.45, 7) is 1.80. The van der Waals surface area contributed by atoms with Gasteiger partial charge in [-0.05, 0) is 43.9 Å². The van der Waals surface area contributed by atoms with Gasteiger partial charge in [-0.25, -0.2) is 4.39 Å². The van der Waals surface area contributed by atoms with Crippen LogP contribution >= 0.6 is 0 Å². The van der Waals surface area contributed by atoms with Crippen molar-refractivity contribution in [1.29, 1.82) is 0 Å². The second-order valence-corrected chi connectivity index (χ2v) is 6.57. The molecular formula is C18H24FNO4. The third kappa shape index (κ3) is 4.24. The minimum Gasteiger partial charge on any atom is -0.494 e. The van der Waals surface area contributed by atoms with Crippen LogP contribution in [0.2, 0.25) is 0 Å². The molecule has 1 aromatic rings. The van der Waals surface area contributed by atoms with Gasteiger partial charge in [0, 0.05) is 6.42 Å². The number of rotatable bonds is 6. The normalized spacial score (nSPS) is 23.5. The highest BCUT2D eigenvalue weighted by Crippen LogP contribution is 2.34. The molecule has 0 saturated heterocycles. The number of aliphatic carboxylic acids is 1. The van der Waals surface area contributed by atoms with Crippen molar-refractivity contribution in [1.82, 2.24) is 5.32 Å². The number of aryl methyl sites for hydroxylation is 1. The van der Waals surface area contributed by atoms with E-state index in [1.54, 1.807) is 13.0 Å². The molecule has 0 aliphatic heterocycles. The molecule has 5 nitrogen and oxygen atoms in total. The monoisotopic (exact) mass is 337 g/mol. The molecule has 132 valence electrons. The highest BCUT2D eigenvalue weighted by atomic mass is 19.1. The number of methoxy groups -OCH3 is 1. The van der Waals surface area contributed by atoms with Gasteiger partial charge in [0.15, 0.2) is 11.6 Å². The zero-order chi connectivity index (χ0) is 17.7. The smallest absolute Gasteiger partial charge is 0.308 e. The molecule has 2 rings (SSSR count). The fourth-order valence-corrected chi connectivity index (χ4v) is 3.38. The molecule has 0 aromatic heterocycles. The molecule has 0 heterocycles. The van der Waals surface area contributed by atoms with Crippen LogP contribution in [0.4, 0.5) is 4.39 Å².